The zero-order valence-corrected chi connectivity index (χ0v) is 15.7. The molecule has 3 heterocycles. The summed E-state index contributed by atoms with van der Waals surface area (Å²) in [5, 5.41) is 11.9. The molecule has 2 aliphatic rings. The quantitative estimate of drug-likeness (QED) is 0.870. The van der Waals surface area contributed by atoms with Crippen LogP contribution in [-0.2, 0) is 22.5 Å². The van der Waals surface area contributed by atoms with Gasteiger partial charge in [0.25, 0.3) is 0 Å². The van der Waals surface area contributed by atoms with Crippen LogP contribution in [0.5, 0.6) is 0 Å². The molecule has 1 saturated heterocycles. The highest BCUT2D eigenvalue weighted by molar-refractivity contribution is 5.79. The van der Waals surface area contributed by atoms with E-state index in [1.54, 1.807) is 0 Å². The van der Waals surface area contributed by atoms with Crippen molar-refractivity contribution in [1.82, 2.24) is 25.0 Å². The van der Waals surface area contributed by atoms with Crippen LogP contribution in [0.15, 0.2) is 0 Å². The monoisotopic (exact) mass is 349 g/mol. The first-order valence-corrected chi connectivity index (χ1v) is 9.57. The average molecular weight is 349 g/mol. The lowest BCUT2D eigenvalue weighted by molar-refractivity contribution is -0.128. The van der Waals surface area contributed by atoms with Crippen LogP contribution in [0.2, 0.25) is 0 Å². The maximum Gasteiger partial charge on any atom is 0.223 e. The number of fused-ring (bicyclic) bond motifs is 1. The topological polar surface area (TPSA) is 72.3 Å². The van der Waals surface area contributed by atoms with Crippen molar-refractivity contribution in [3.63, 3.8) is 0 Å². The lowest BCUT2D eigenvalue weighted by atomic mass is 9.99. The van der Waals surface area contributed by atoms with Crippen molar-refractivity contribution in [3.8, 4) is 0 Å². The number of amides is 1. The highest BCUT2D eigenvalue weighted by atomic mass is 16.5. The molecule has 0 bridgehead atoms. The van der Waals surface area contributed by atoms with Gasteiger partial charge < -0.3 is 19.5 Å². The molecule has 0 radical (unpaired) electrons. The molecule has 2 aliphatic heterocycles. The Labute approximate surface area is 150 Å². The van der Waals surface area contributed by atoms with Gasteiger partial charge in [-0.3, -0.25) is 4.79 Å². The second-order valence-electron chi connectivity index (χ2n) is 7.69. The summed E-state index contributed by atoms with van der Waals surface area (Å²) < 4.78 is 7.55. The molecule has 1 amide bonds. The van der Waals surface area contributed by atoms with Crippen molar-refractivity contribution in [1.29, 1.82) is 0 Å². The molecule has 0 aliphatic carbocycles. The van der Waals surface area contributed by atoms with E-state index in [0.717, 1.165) is 57.1 Å². The number of ether oxygens (including phenoxy) is 1. The van der Waals surface area contributed by atoms with Gasteiger partial charge in [-0.05, 0) is 25.7 Å². The fourth-order valence-electron chi connectivity index (χ4n) is 3.76. The molecule has 3 rings (SSSR count). The molecule has 0 spiro atoms. The van der Waals surface area contributed by atoms with Crippen LogP contribution in [0.4, 0.5) is 0 Å². The van der Waals surface area contributed by atoms with E-state index in [2.05, 4.69) is 38.8 Å². The van der Waals surface area contributed by atoms with Gasteiger partial charge in [-0.15, -0.1) is 10.2 Å². The van der Waals surface area contributed by atoms with Crippen molar-refractivity contribution < 1.29 is 9.53 Å². The molecule has 1 unspecified atom stereocenters. The lowest BCUT2D eigenvalue weighted by Gasteiger charge is -2.24. The molecule has 7 heteroatoms. The summed E-state index contributed by atoms with van der Waals surface area (Å²) in [4.78, 5) is 15.0. The largest absolute Gasteiger partial charge is 0.381 e. The molecule has 1 N–H and O–H groups in total. The van der Waals surface area contributed by atoms with Crippen LogP contribution in [0.3, 0.4) is 0 Å². The summed E-state index contributed by atoms with van der Waals surface area (Å²) in [6, 6.07) is -0.117. The number of hydrogen-bond donors (Lipinski definition) is 1. The van der Waals surface area contributed by atoms with Crippen molar-refractivity contribution in [2.24, 2.45) is 11.8 Å². The number of nitrogens with zero attached hydrogens (tertiary/aromatic N) is 4. The van der Waals surface area contributed by atoms with E-state index in [-0.39, 0.29) is 17.9 Å². The zero-order chi connectivity index (χ0) is 17.8. The highest BCUT2D eigenvalue weighted by Gasteiger charge is 2.26. The fourth-order valence-corrected chi connectivity index (χ4v) is 3.76. The Morgan fingerprint density at radius 3 is 2.68 bits per heavy atom. The molecular weight excluding hydrogens is 318 g/mol. The first-order valence-electron chi connectivity index (χ1n) is 9.57. The third-order valence-corrected chi connectivity index (χ3v) is 5.11. The standard InChI is InChI=1S/C18H31N5O2/c1-13(2)12-22-7-4-16-20-21-17(23(16)9-8-22)14(3)19-18(24)15-5-10-25-11-6-15/h13-15H,4-12H2,1-3H3,(H,19,24). The molecule has 1 aromatic heterocycles. The van der Waals surface area contributed by atoms with Crippen molar-refractivity contribution in [2.45, 2.75) is 52.6 Å². The third kappa shape index (κ3) is 4.58. The first-order chi connectivity index (χ1) is 12.0. The van der Waals surface area contributed by atoms with E-state index >= 15 is 0 Å². The smallest absolute Gasteiger partial charge is 0.223 e. The molecule has 1 atom stereocenters. The number of nitrogens with one attached hydrogen (secondary N) is 1. The van der Waals surface area contributed by atoms with Crippen LogP contribution in [0.1, 0.15) is 51.3 Å². The molecule has 7 nitrogen and oxygen atoms in total. The van der Waals surface area contributed by atoms with Crippen LogP contribution >= 0.6 is 0 Å². The van der Waals surface area contributed by atoms with Gasteiger partial charge in [-0.1, -0.05) is 13.8 Å². The number of aromatic nitrogens is 3. The van der Waals surface area contributed by atoms with E-state index in [0.29, 0.717) is 19.1 Å². The van der Waals surface area contributed by atoms with Gasteiger partial charge in [0.2, 0.25) is 5.91 Å². The number of rotatable bonds is 5. The van der Waals surface area contributed by atoms with Gasteiger partial charge in [0.05, 0.1) is 6.04 Å². The van der Waals surface area contributed by atoms with Crippen LogP contribution < -0.4 is 5.32 Å². The van der Waals surface area contributed by atoms with Gasteiger partial charge in [0.15, 0.2) is 5.82 Å². The van der Waals surface area contributed by atoms with Crippen LogP contribution in [0.25, 0.3) is 0 Å². The Morgan fingerprint density at radius 2 is 1.96 bits per heavy atom. The fraction of sp³-hybridized carbons (Fsp3) is 0.833. The lowest BCUT2D eigenvalue weighted by Crippen LogP contribution is -2.37. The van der Waals surface area contributed by atoms with Crippen molar-refractivity contribution in [3.05, 3.63) is 11.6 Å². The van der Waals surface area contributed by atoms with Gasteiger partial charge in [0.1, 0.15) is 5.82 Å². The van der Waals surface area contributed by atoms with Crippen molar-refractivity contribution in [2.75, 3.05) is 32.8 Å². The second-order valence-corrected chi connectivity index (χ2v) is 7.69. The van der Waals surface area contributed by atoms with Crippen LogP contribution in [0, 0.1) is 11.8 Å². The molecule has 0 saturated carbocycles. The van der Waals surface area contributed by atoms with E-state index in [1.165, 1.54) is 0 Å². The third-order valence-electron chi connectivity index (χ3n) is 5.11. The number of hydrogen-bond acceptors (Lipinski definition) is 5. The van der Waals surface area contributed by atoms with Crippen molar-refractivity contribution >= 4 is 5.91 Å². The molecule has 1 fully saturated rings. The normalized spacial score (nSPS) is 21.0. The Hall–Kier alpha value is -1.47. The minimum absolute atomic E-state index is 0.0595. The maximum atomic E-state index is 12.5. The predicted octanol–water partition coefficient (Wildman–Crippen LogP) is 1.40. The summed E-state index contributed by atoms with van der Waals surface area (Å²) in [7, 11) is 0. The molecule has 0 aromatic carbocycles. The van der Waals surface area contributed by atoms with E-state index in [1.807, 2.05) is 6.92 Å². The molecule has 140 valence electrons. The predicted molar refractivity (Wildman–Crippen MR) is 95.1 cm³/mol. The maximum absolute atomic E-state index is 12.5. The Morgan fingerprint density at radius 1 is 1.20 bits per heavy atom. The number of carbonyl (C=O) groups is 1. The summed E-state index contributed by atoms with van der Waals surface area (Å²) in [6.45, 7) is 11.9. The van der Waals surface area contributed by atoms with E-state index in [9.17, 15) is 4.79 Å². The summed E-state index contributed by atoms with van der Waals surface area (Å²) in [5.74, 6) is 2.75. The molecule has 1 aromatic rings. The second kappa shape index (κ2) is 8.27. The average Bonchev–Trinajstić information content (AvgIpc) is 2.91. The Kier molecular flexibility index (Phi) is 6.06. The summed E-state index contributed by atoms with van der Waals surface area (Å²) in [5.41, 5.74) is 0. The minimum atomic E-state index is -0.117. The zero-order valence-electron chi connectivity index (χ0n) is 15.7. The van der Waals surface area contributed by atoms with Gasteiger partial charge in [-0.2, -0.15) is 0 Å². The van der Waals surface area contributed by atoms with E-state index < -0.39 is 0 Å². The van der Waals surface area contributed by atoms with Gasteiger partial charge in [-0.25, -0.2) is 0 Å². The highest BCUT2D eigenvalue weighted by Crippen LogP contribution is 2.19. The van der Waals surface area contributed by atoms with Gasteiger partial charge >= 0.3 is 0 Å². The Balaban J connectivity index is 1.62. The SMILES string of the molecule is CC(C)CN1CCc2nnc(C(C)NC(=O)C3CCOCC3)n2CC1. The van der Waals surface area contributed by atoms with E-state index in [4.69, 9.17) is 4.74 Å². The molecule has 25 heavy (non-hydrogen) atoms. The Bertz CT molecular complexity index is 580. The van der Waals surface area contributed by atoms with Crippen LogP contribution in [-0.4, -0.2) is 58.4 Å². The van der Waals surface area contributed by atoms with Gasteiger partial charge in [0, 0.05) is 51.7 Å². The number of carbonyl (C=O) groups excluding carboxylic acids is 1. The minimum Gasteiger partial charge on any atom is -0.381 e. The summed E-state index contributed by atoms with van der Waals surface area (Å²) in [6.07, 6.45) is 2.53. The first kappa shape index (κ1) is 18.3. The summed E-state index contributed by atoms with van der Waals surface area (Å²) >= 11 is 0. The molecular formula is C18H31N5O2.